The van der Waals surface area contributed by atoms with Gasteiger partial charge < -0.3 is 9.47 Å². The Bertz CT molecular complexity index is 2340. The fraction of sp³-hybridized carbons (Fsp3) is 0.0222. The van der Waals surface area contributed by atoms with Crippen LogP contribution < -0.4 is 19.3 Å². The first-order valence-corrected chi connectivity index (χ1v) is 16.6. The lowest BCUT2D eigenvalue weighted by Crippen LogP contribution is -2.60. The van der Waals surface area contributed by atoms with E-state index in [0.29, 0.717) is 11.5 Å². The van der Waals surface area contributed by atoms with Gasteiger partial charge in [-0.05, 0) is 58.3 Å². The number of benzene rings is 8. The van der Waals surface area contributed by atoms with E-state index in [1.807, 2.05) is 12.1 Å². The Balaban J connectivity index is 1.31. The van der Waals surface area contributed by atoms with E-state index in [9.17, 15) is 0 Å². The highest BCUT2D eigenvalue weighted by atomic mass is 16.8. The summed E-state index contributed by atoms with van der Waals surface area (Å²) < 4.78 is 15.1. The number of rotatable bonds is 4. The van der Waals surface area contributed by atoms with Crippen molar-refractivity contribution < 1.29 is 9.47 Å². The van der Waals surface area contributed by atoms with Crippen molar-refractivity contribution in [2.75, 3.05) is 9.80 Å². The number of nitrogens with zero attached hydrogens (tertiary/aromatic N) is 2. The summed E-state index contributed by atoms with van der Waals surface area (Å²) in [6, 6.07) is 62.1. The first-order chi connectivity index (χ1) is 24.3. The summed E-state index contributed by atoms with van der Waals surface area (Å²) in [5, 5.41) is 4.49. The maximum atomic E-state index is 7.55. The molecule has 0 aromatic heterocycles. The summed E-state index contributed by atoms with van der Waals surface area (Å²) in [7, 11) is 0. The van der Waals surface area contributed by atoms with Gasteiger partial charge in [-0.25, -0.2) is 9.80 Å². The average molecular weight is 631 g/mol. The highest BCUT2D eigenvalue weighted by Crippen LogP contribution is 2.61. The van der Waals surface area contributed by atoms with Crippen LogP contribution in [0.5, 0.6) is 11.5 Å². The van der Waals surface area contributed by atoms with Gasteiger partial charge in [0.25, 0.3) is 0 Å². The van der Waals surface area contributed by atoms with Crippen LogP contribution in [0.1, 0.15) is 0 Å². The molecule has 2 heterocycles. The molecule has 0 aliphatic carbocycles. The van der Waals surface area contributed by atoms with Gasteiger partial charge in [0.2, 0.25) is 0 Å². The van der Waals surface area contributed by atoms with Crippen LogP contribution in [0, 0.1) is 0 Å². The molecular weight excluding hydrogens is 601 g/mol. The van der Waals surface area contributed by atoms with Gasteiger partial charge >= 0.3 is 6.03 Å². The third-order valence-electron chi connectivity index (χ3n) is 9.70. The van der Waals surface area contributed by atoms with E-state index in [4.69, 9.17) is 9.47 Å². The third-order valence-corrected chi connectivity index (χ3v) is 9.70. The summed E-state index contributed by atoms with van der Waals surface area (Å²) in [4.78, 5) is 4.49. The van der Waals surface area contributed by atoms with Gasteiger partial charge in [0.15, 0.2) is 11.5 Å². The summed E-state index contributed by atoms with van der Waals surface area (Å²) in [5.74, 6) is 1.41. The molecule has 232 valence electrons. The largest absolute Gasteiger partial charge is 0.444 e. The Kier molecular flexibility index (Phi) is 6.06. The smallest absolute Gasteiger partial charge is 0.413 e. The zero-order chi connectivity index (χ0) is 32.4. The van der Waals surface area contributed by atoms with Crippen LogP contribution in [-0.4, -0.2) is 6.03 Å². The van der Waals surface area contributed by atoms with Crippen molar-refractivity contribution in [3.63, 3.8) is 0 Å². The predicted octanol–water partition coefficient (Wildman–Crippen LogP) is 11.7. The topological polar surface area (TPSA) is 24.9 Å². The van der Waals surface area contributed by atoms with E-state index in [1.54, 1.807) is 0 Å². The molecule has 2 aliphatic rings. The molecule has 4 nitrogen and oxygen atoms in total. The second-order valence-electron chi connectivity index (χ2n) is 12.5. The van der Waals surface area contributed by atoms with Crippen LogP contribution in [0.15, 0.2) is 182 Å². The second kappa shape index (κ2) is 10.8. The molecule has 0 N–H and O–H groups in total. The number of fused-ring (bicyclic) bond motifs is 4. The van der Waals surface area contributed by atoms with Crippen LogP contribution in [0.4, 0.5) is 22.7 Å². The molecule has 0 saturated heterocycles. The fourth-order valence-electron chi connectivity index (χ4n) is 7.54. The minimum absolute atomic E-state index is 0.704. The lowest BCUT2D eigenvalue weighted by atomic mass is 9.98. The maximum Gasteiger partial charge on any atom is 0.444 e. The van der Waals surface area contributed by atoms with Gasteiger partial charge in [0.05, 0.1) is 22.7 Å². The summed E-state index contributed by atoms with van der Waals surface area (Å²) >= 11 is 0. The zero-order valence-electron chi connectivity index (χ0n) is 26.5. The molecule has 0 bridgehead atoms. The molecule has 49 heavy (non-hydrogen) atoms. The van der Waals surface area contributed by atoms with E-state index in [2.05, 4.69) is 180 Å². The molecule has 0 amide bonds. The lowest BCUT2D eigenvalue weighted by Gasteiger charge is -2.40. The second-order valence-corrected chi connectivity index (χ2v) is 12.5. The number of ether oxygens (including phenoxy) is 2. The monoisotopic (exact) mass is 630 g/mol. The molecule has 0 saturated carbocycles. The normalized spacial score (nSPS) is 14.1. The van der Waals surface area contributed by atoms with Crippen molar-refractivity contribution in [2.24, 2.45) is 0 Å². The predicted molar refractivity (Wildman–Crippen MR) is 200 cm³/mol. The highest BCUT2D eigenvalue weighted by Gasteiger charge is 2.61. The number of anilines is 4. The van der Waals surface area contributed by atoms with Crippen LogP contribution in [0.3, 0.4) is 0 Å². The van der Waals surface area contributed by atoms with Gasteiger partial charge in [0.1, 0.15) is 0 Å². The molecular formula is C45H30N2O2. The Morgan fingerprint density at radius 1 is 0.327 bits per heavy atom. The van der Waals surface area contributed by atoms with Gasteiger partial charge in [-0.1, -0.05) is 146 Å². The third kappa shape index (κ3) is 4.11. The van der Waals surface area contributed by atoms with Crippen molar-refractivity contribution in [3.8, 4) is 33.8 Å². The van der Waals surface area contributed by atoms with Crippen molar-refractivity contribution in [1.29, 1.82) is 0 Å². The first kappa shape index (κ1) is 27.6. The molecule has 8 aromatic carbocycles. The molecule has 0 atom stereocenters. The van der Waals surface area contributed by atoms with Crippen LogP contribution in [0.25, 0.3) is 43.8 Å². The van der Waals surface area contributed by atoms with Gasteiger partial charge in [0, 0.05) is 21.9 Å². The SMILES string of the molecule is c1ccc(-c2ccc(-c3ccccc3)c3c2OC2(O3)N(c3cccc4ccccc34)c3ccccc3N2c2cccc3ccccc23)cc1. The first-order valence-electron chi connectivity index (χ1n) is 16.6. The van der Waals surface area contributed by atoms with Gasteiger partial charge in [-0.2, -0.15) is 0 Å². The summed E-state index contributed by atoms with van der Waals surface area (Å²) in [6.45, 7) is 0. The Morgan fingerprint density at radius 3 is 1.16 bits per heavy atom. The quantitative estimate of drug-likeness (QED) is 0.193. The molecule has 8 aromatic rings. The molecule has 4 heteroatoms. The summed E-state index contributed by atoms with van der Waals surface area (Å²) in [6.07, 6.45) is 0. The average Bonchev–Trinajstić information content (AvgIpc) is 3.69. The van der Waals surface area contributed by atoms with Crippen LogP contribution >= 0.6 is 0 Å². The fourth-order valence-corrected chi connectivity index (χ4v) is 7.54. The standard InChI is InChI=1S/C45H30N2O2/c1-3-15-33(16-4-1)37-29-30-38(34-17-5-2-6-18-34)44-43(37)48-45(49-44)46(39-27-13-21-31-19-7-9-23-35(31)39)41-25-11-12-26-42(41)47(45)40-28-14-22-32-20-8-10-24-36(32)40/h1-30H. The van der Waals surface area contributed by atoms with E-state index in [1.165, 1.54) is 0 Å². The molecule has 0 fully saturated rings. The minimum atomic E-state index is -1.45. The molecule has 0 radical (unpaired) electrons. The van der Waals surface area contributed by atoms with Crippen molar-refractivity contribution in [1.82, 2.24) is 0 Å². The van der Waals surface area contributed by atoms with E-state index in [0.717, 1.165) is 66.5 Å². The van der Waals surface area contributed by atoms with Gasteiger partial charge in [-0.3, -0.25) is 0 Å². The van der Waals surface area contributed by atoms with E-state index >= 15 is 0 Å². The van der Waals surface area contributed by atoms with Crippen molar-refractivity contribution in [3.05, 3.63) is 182 Å². The Hall–Kier alpha value is -6.52. The summed E-state index contributed by atoms with van der Waals surface area (Å²) in [5.41, 5.74) is 8.01. The van der Waals surface area contributed by atoms with Crippen molar-refractivity contribution >= 4 is 44.3 Å². The molecule has 10 rings (SSSR count). The minimum Gasteiger partial charge on any atom is -0.413 e. The van der Waals surface area contributed by atoms with Crippen LogP contribution in [-0.2, 0) is 0 Å². The number of hydrogen-bond donors (Lipinski definition) is 0. The van der Waals surface area contributed by atoms with Gasteiger partial charge in [-0.15, -0.1) is 0 Å². The molecule has 0 unspecified atom stereocenters. The molecule has 1 spiro atoms. The lowest BCUT2D eigenvalue weighted by molar-refractivity contribution is -0.0584. The number of hydrogen-bond acceptors (Lipinski definition) is 4. The van der Waals surface area contributed by atoms with Crippen LogP contribution in [0.2, 0.25) is 0 Å². The Morgan fingerprint density at radius 2 is 0.694 bits per heavy atom. The Labute approximate surface area is 284 Å². The van der Waals surface area contributed by atoms with E-state index in [-0.39, 0.29) is 0 Å². The number of para-hydroxylation sites is 2. The van der Waals surface area contributed by atoms with E-state index < -0.39 is 6.03 Å². The zero-order valence-corrected chi connectivity index (χ0v) is 26.5. The maximum absolute atomic E-state index is 7.55. The van der Waals surface area contributed by atoms with Crippen molar-refractivity contribution in [2.45, 2.75) is 6.03 Å². The highest BCUT2D eigenvalue weighted by molar-refractivity contribution is 6.04. The molecule has 2 aliphatic heterocycles.